The van der Waals surface area contributed by atoms with Crippen LogP contribution in [0.15, 0.2) is 18.2 Å². The van der Waals surface area contributed by atoms with Crippen molar-refractivity contribution in [1.82, 2.24) is 5.32 Å². The van der Waals surface area contributed by atoms with Gasteiger partial charge in [0.25, 0.3) is 0 Å². The molecule has 1 nitrogen and oxygen atoms in total. The molecule has 0 saturated heterocycles. The zero-order valence-corrected chi connectivity index (χ0v) is 12.6. The molecule has 0 bridgehead atoms. The summed E-state index contributed by atoms with van der Waals surface area (Å²) < 4.78 is 0. The average Bonchev–Trinajstić information content (AvgIpc) is 3.16. The predicted octanol–water partition coefficient (Wildman–Crippen LogP) is 4.80. The van der Waals surface area contributed by atoms with Crippen LogP contribution in [0.25, 0.3) is 0 Å². The van der Waals surface area contributed by atoms with Gasteiger partial charge >= 0.3 is 0 Å². The number of hydrogen-bond donors (Lipinski definition) is 1. The van der Waals surface area contributed by atoms with Crippen LogP contribution in [-0.4, -0.2) is 12.6 Å². The van der Waals surface area contributed by atoms with Crippen molar-refractivity contribution in [2.24, 2.45) is 0 Å². The van der Waals surface area contributed by atoms with E-state index in [1.165, 1.54) is 18.4 Å². The average molecular weight is 286 g/mol. The maximum absolute atomic E-state index is 6.39. The summed E-state index contributed by atoms with van der Waals surface area (Å²) in [6, 6.07) is 6.62. The molecule has 1 fully saturated rings. The Morgan fingerprint density at radius 1 is 1.22 bits per heavy atom. The molecule has 0 aliphatic heterocycles. The van der Waals surface area contributed by atoms with E-state index in [-0.39, 0.29) is 5.41 Å². The summed E-state index contributed by atoms with van der Waals surface area (Å²) in [6.45, 7) is 5.48. The maximum atomic E-state index is 6.39. The molecule has 0 spiro atoms. The molecule has 0 heterocycles. The lowest BCUT2D eigenvalue weighted by atomic mass is 9.75. The Morgan fingerprint density at radius 2 is 1.89 bits per heavy atom. The minimum absolute atomic E-state index is 0.129. The Hall–Kier alpha value is -0.240. The molecule has 1 aromatic carbocycles. The molecule has 0 aromatic heterocycles. The van der Waals surface area contributed by atoms with Crippen molar-refractivity contribution < 1.29 is 0 Å². The zero-order chi connectivity index (χ0) is 13.2. The van der Waals surface area contributed by atoms with Crippen LogP contribution in [0.3, 0.4) is 0 Å². The summed E-state index contributed by atoms with van der Waals surface area (Å²) in [7, 11) is 0. The monoisotopic (exact) mass is 285 g/mol. The van der Waals surface area contributed by atoms with Gasteiger partial charge in [-0.3, -0.25) is 0 Å². The van der Waals surface area contributed by atoms with Gasteiger partial charge in [-0.25, -0.2) is 0 Å². The number of hydrogen-bond acceptors (Lipinski definition) is 1. The smallest absolute Gasteiger partial charge is 0.0458 e. The van der Waals surface area contributed by atoms with E-state index < -0.39 is 0 Å². The molecule has 18 heavy (non-hydrogen) atoms. The highest BCUT2D eigenvalue weighted by molar-refractivity contribution is 6.35. The standard InChI is InChI=1S/C15H21Cl2N/c1-3-15(4-2,10-18-12-6-7-12)13-8-5-11(16)9-14(13)17/h5,8-9,12,18H,3-4,6-7,10H2,1-2H3. The molecule has 1 aromatic rings. The Labute approximate surface area is 120 Å². The van der Waals surface area contributed by atoms with Crippen molar-refractivity contribution in [1.29, 1.82) is 0 Å². The SMILES string of the molecule is CCC(CC)(CNC1CC1)c1ccc(Cl)cc1Cl. The molecule has 3 heteroatoms. The second-order valence-corrected chi connectivity index (χ2v) is 6.11. The van der Waals surface area contributed by atoms with E-state index >= 15 is 0 Å². The second-order valence-electron chi connectivity index (χ2n) is 5.27. The van der Waals surface area contributed by atoms with Gasteiger partial charge in [-0.1, -0.05) is 43.1 Å². The van der Waals surface area contributed by atoms with E-state index in [9.17, 15) is 0 Å². The molecule has 1 saturated carbocycles. The van der Waals surface area contributed by atoms with Gasteiger partial charge in [-0.15, -0.1) is 0 Å². The zero-order valence-electron chi connectivity index (χ0n) is 11.1. The molecule has 2 rings (SSSR count). The van der Waals surface area contributed by atoms with E-state index in [1.807, 2.05) is 12.1 Å². The summed E-state index contributed by atoms with van der Waals surface area (Å²) in [4.78, 5) is 0. The minimum Gasteiger partial charge on any atom is -0.313 e. The van der Waals surface area contributed by atoms with Gasteiger partial charge in [-0.2, -0.15) is 0 Å². The highest BCUT2D eigenvalue weighted by Gasteiger charge is 2.32. The van der Waals surface area contributed by atoms with Gasteiger partial charge in [0.1, 0.15) is 0 Å². The van der Waals surface area contributed by atoms with Gasteiger partial charge < -0.3 is 5.32 Å². The summed E-state index contributed by atoms with van der Waals surface area (Å²) >= 11 is 12.4. The van der Waals surface area contributed by atoms with E-state index in [0.717, 1.165) is 30.5 Å². The van der Waals surface area contributed by atoms with Crippen LogP contribution in [0.5, 0.6) is 0 Å². The highest BCUT2D eigenvalue weighted by Crippen LogP contribution is 2.37. The first kappa shape index (κ1) is 14.2. The fourth-order valence-corrected chi connectivity index (χ4v) is 3.13. The van der Waals surface area contributed by atoms with E-state index in [0.29, 0.717) is 5.02 Å². The Bertz CT molecular complexity index is 409. The number of nitrogens with one attached hydrogen (secondary N) is 1. The summed E-state index contributed by atoms with van der Waals surface area (Å²) in [5.74, 6) is 0. The van der Waals surface area contributed by atoms with Crippen LogP contribution in [0, 0.1) is 0 Å². The van der Waals surface area contributed by atoms with E-state index in [2.05, 4.69) is 25.2 Å². The van der Waals surface area contributed by atoms with Crippen molar-refractivity contribution in [2.45, 2.75) is 51.0 Å². The number of benzene rings is 1. The fourth-order valence-electron chi connectivity index (χ4n) is 2.52. The maximum Gasteiger partial charge on any atom is 0.0458 e. The predicted molar refractivity (Wildman–Crippen MR) is 79.7 cm³/mol. The molecule has 1 aliphatic rings. The molecular weight excluding hydrogens is 265 g/mol. The molecule has 0 atom stereocenters. The van der Waals surface area contributed by atoms with E-state index in [1.54, 1.807) is 0 Å². The molecule has 0 amide bonds. The van der Waals surface area contributed by atoms with Gasteiger partial charge in [0, 0.05) is 28.0 Å². The number of halogens is 2. The minimum atomic E-state index is 0.129. The lowest BCUT2D eigenvalue weighted by molar-refractivity contribution is 0.367. The lowest BCUT2D eigenvalue weighted by Gasteiger charge is -2.33. The summed E-state index contributed by atoms with van der Waals surface area (Å²) in [5.41, 5.74) is 1.36. The lowest BCUT2D eigenvalue weighted by Crippen LogP contribution is -2.38. The molecular formula is C15H21Cl2N. The van der Waals surface area contributed by atoms with Crippen molar-refractivity contribution in [3.8, 4) is 0 Å². The third kappa shape index (κ3) is 3.01. The second kappa shape index (κ2) is 5.81. The third-order valence-electron chi connectivity index (χ3n) is 4.16. The van der Waals surface area contributed by atoms with Crippen molar-refractivity contribution in [2.75, 3.05) is 6.54 Å². The molecule has 0 radical (unpaired) electrons. The van der Waals surface area contributed by atoms with Crippen LogP contribution in [0.1, 0.15) is 45.1 Å². The van der Waals surface area contributed by atoms with Crippen LogP contribution in [0.2, 0.25) is 10.0 Å². The first-order valence-corrected chi connectivity index (χ1v) is 7.56. The van der Waals surface area contributed by atoms with Crippen molar-refractivity contribution in [3.63, 3.8) is 0 Å². The Morgan fingerprint density at radius 3 is 2.39 bits per heavy atom. The first-order valence-electron chi connectivity index (χ1n) is 6.80. The normalized spacial score (nSPS) is 16.0. The largest absolute Gasteiger partial charge is 0.313 e. The third-order valence-corrected chi connectivity index (χ3v) is 4.71. The quantitative estimate of drug-likeness (QED) is 0.791. The van der Waals surface area contributed by atoms with Gasteiger partial charge in [0.2, 0.25) is 0 Å². The van der Waals surface area contributed by atoms with Gasteiger partial charge in [0.15, 0.2) is 0 Å². The molecule has 1 N–H and O–H groups in total. The Balaban J connectivity index is 2.25. The van der Waals surface area contributed by atoms with Crippen LogP contribution >= 0.6 is 23.2 Å². The highest BCUT2D eigenvalue weighted by atomic mass is 35.5. The van der Waals surface area contributed by atoms with Crippen LogP contribution < -0.4 is 5.32 Å². The topological polar surface area (TPSA) is 12.0 Å². The van der Waals surface area contributed by atoms with Crippen molar-refractivity contribution in [3.05, 3.63) is 33.8 Å². The van der Waals surface area contributed by atoms with Crippen LogP contribution in [0.4, 0.5) is 0 Å². The molecule has 1 aliphatic carbocycles. The van der Waals surface area contributed by atoms with Crippen molar-refractivity contribution >= 4 is 23.2 Å². The van der Waals surface area contributed by atoms with Crippen LogP contribution in [-0.2, 0) is 5.41 Å². The van der Waals surface area contributed by atoms with Gasteiger partial charge in [0.05, 0.1) is 0 Å². The summed E-state index contributed by atoms with van der Waals surface area (Å²) in [5, 5.41) is 5.15. The van der Waals surface area contributed by atoms with Gasteiger partial charge in [-0.05, 0) is 43.4 Å². The Kier molecular flexibility index (Phi) is 4.58. The molecule has 0 unspecified atom stereocenters. The van der Waals surface area contributed by atoms with E-state index in [4.69, 9.17) is 23.2 Å². The number of rotatable bonds is 6. The molecule has 100 valence electrons. The summed E-state index contributed by atoms with van der Waals surface area (Å²) in [6.07, 6.45) is 4.81. The first-order chi connectivity index (χ1) is 8.61. The fraction of sp³-hybridized carbons (Fsp3) is 0.600.